The van der Waals surface area contributed by atoms with Crippen LogP contribution < -0.4 is 20.1 Å². The normalized spacial score (nSPS) is 22.1. The zero-order chi connectivity index (χ0) is 26.7. The number of carbonyl (C=O) groups is 2. The standard InChI is InChI=1S/C24H24F3N3O5S/c1-22(2)12-18-20(19(31)13-22)23(24(25,26)27,29-36(33,34)17-10-4-14(28)5-11-17)21(32)30(18)15-6-8-16(35-3)9-7-15/h4-11,29H,12-13,28H2,1-3H3/t23-/m0/s1. The number of rotatable bonds is 5. The lowest BCUT2D eigenvalue weighted by atomic mass is 9.72. The first-order chi connectivity index (χ1) is 16.6. The van der Waals surface area contributed by atoms with Gasteiger partial charge in [-0.1, -0.05) is 13.8 Å². The number of Topliss-reactive ketones (excluding diaryl/α,β-unsaturated/α-hetero) is 1. The van der Waals surface area contributed by atoms with Crippen LogP contribution in [0, 0.1) is 5.41 Å². The molecular weight excluding hydrogens is 499 g/mol. The van der Waals surface area contributed by atoms with E-state index in [0.29, 0.717) is 5.75 Å². The number of methoxy groups -OCH3 is 1. The van der Waals surface area contributed by atoms with Gasteiger partial charge in [-0.2, -0.15) is 17.9 Å². The Kier molecular flexibility index (Phi) is 5.96. The van der Waals surface area contributed by atoms with Crippen molar-refractivity contribution in [2.24, 2.45) is 5.41 Å². The molecule has 0 unspecified atom stereocenters. The highest BCUT2D eigenvalue weighted by atomic mass is 32.2. The molecule has 8 nitrogen and oxygen atoms in total. The van der Waals surface area contributed by atoms with Crippen LogP contribution in [0.2, 0.25) is 0 Å². The van der Waals surface area contributed by atoms with Crippen molar-refractivity contribution in [2.45, 2.75) is 43.3 Å². The smallest absolute Gasteiger partial charge is 0.421 e. The van der Waals surface area contributed by atoms with Crippen molar-refractivity contribution in [1.82, 2.24) is 4.72 Å². The van der Waals surface area contributed by atoms with E-state index < -0.39 is 49.3 Å². The molecule has 0 radical (unpaired) electrons. The van der Waals surface area contributed by atoms with E-state index in [1.807, 2.05) is 0 Å². The summed E-state index contributed by atoms with van der Waals surface area (Å²) in [5.74, 6) is -2.19. The van der Waals surface area contributed by atoms with E-state index in [9.17, 15) is 31.2 Å². The number of alkyl halides is 3. The fourth-order valence-corrected chi connectivity index (χ4v) is 5.95. The summed E-state index contributed by atoms with van der Waals surface area (Å²) in [6.07, 6.45) is -5.84. The molecule has 0 spiro atoms. The maximum absolute atomic E-state index is 14.9. The number of hydrogen-bond acceptors (Lipinski definition) is 6. The van der Waals surface area contributed by atoms with Crippen molar-refractivity contribution in [3.05, 3.63) is 59.8 Å². The van der Waals surface area contributed by atoms with Gasteiger partial charge in [0.2, 0.25) is 15.6 Å². The Balaban J connectivity index is 1.96. The van der Waals surface area contributed by atoms with Gasteiger partial charge >= 0.3 is 6.18 Å². The van der Waals surface area contributed by atoms with Gasteiger partial charge in [-0.25, -0.2) is 8.42 Å². The summed E-state index contributed by atoms with van der Waals surface area (Å²) in [6, 6.07) is 10.1. The molecule has 1 atom stereocenters. The lowest BCUT2D eigenvalue weighted by Crippen LogP contribution is -2.66. The highest BCUT2D eigenvalue weighted by Crippen LogP contribution is 2.53. The minimum Gasteiger partial charge on any atom is -0.497 e. The monoisotopic (exact) mass is 523 g/mol. The van der Waals surface area contributed by atoms with E-state index in [1.54, 1.807) is 18.6 Å². The van der Waals surface area contributed by atoms with Crippen LogP contribution in [0.3, 0.4) is 0 Å². The van der Waals surface area contributed by atoms with Crippen molar-refractivity contribution in [2.75, 3.05) is 17.7 Å². The third-order valence-electron chi connectivity index (χ3n) is 6.26. The fourth-order valence-electron chi connectivity index (χ4n) is 4.63. The minimum atomic E-state index is -5.48. The van der Waals surface area contributed by atoms with Crippen LogP contribution in [-0.2, 0) is 19.6 Å². The molecule has 1 aliphatic heterocycles. The first-order valence-corrected chi connectivity index (χ1v) is 12.3. The van der Waals surface area contributed by atoms with E-state index >= 15 is 0 Å². The largest absolute Gasteiger partial charge is 0.497 e. The SMILES string of the molecule is COc1ccc(N2C(=O)[C@](NS(=O)(=O)c3ccc(N)cc3)(C(F)(F)F)C3=C2CC(C)(C)CC3=O)cc1. The van der Waals surface area contributed by atoms with Crippen molar-refractivity contribution < 1.29 is 35.9 Å². The summed E-state index contributed by atoms with van der Waals surface area (Å²) in [7, 11) is -3.53. The van der Waals surface area contributed by atoms with Crippen molar-refractivity contribution in [3.63, 3.8) is 0 Å². The molecule has 0 bridgehead atoms. The molecule has 2 aromatic carbocycles. The molecule has 1 aliphatic carbocycles. The van der Waals surface area contributed by atoms with E-state index in [2.05, 4.69) is 0 Å². The molecule has 0 aromatic heterocycles. The molecule has 3 N–H and O–H groups in total. The van der Waals surface area contributed by atoms with Crippen molar-refractivity contribution in [1.29, 1.82) is 0 Å². The highest BCUT2D eigenvalue weighted by Gasteiger charge is 2.72. The first kappa shape index (κ1) is 25.7. The average Bonchev–Trinajstić information content (AvgIpc) is 3.01. The molecule has 0 fully saturated rings. The van der Waals surface area contributed by atoms with Gasteiger partial charge in [0.25, 0.3) is 5.91 Å². The van der Waals surface area contributed by atoms with Gasteiger partial charge in [-0.15, -0.1) is 0 Å². The zero-order valence-corrected chi connectivity index (χ0v) is 20.5. The number of allylic oxidation sites excluding steroid dienone is 1. The van der Waals surface area contributed by atoms with Gasteiger partial charge in [0, 0.05) is 23.5 Å². The number of nitrogens with one attached hydrogen (secondary N) is 1. The molecule has 192 valence electrons. The van der Waals surface area contributed by atoms with Gasteiger partial charge in [-0.3, -0.25) is 14.5 Å². The molecule has 1 heterocycles. The second-order valence-corrected chi connectivity index (χ2v) is 11.2. The van der Waals surface area contributed by atoms with E-state index in [0.717, 1.165) is 17.0 Å². The summed E-state index contributed by atoms with van der Waals surface area (Å²) in [6.45, 7) is 3.38. The Morgan fingerprint density at radius 3 is 2.11 bits per heavy atom. The van der Waals surface area contributed by atoms with Crippen LogP contribution >= 0.6 is 0 Å². The third kappa shape index (κ3) is 4.03. The van der Waals surface area contributed by atoms with Crippen LogP contribution in [0.15, 0.2) is 64.7 Å². The van der Waals surface area contributed by atoms with Crippen LogP contribution in [0.1, 0.15) is 26.7 Å². The number of sulfonamides is 1. The number of hydrogen-bond donors (Lipinski definition) is 2. The van der Waals surface area contributed by atoms with Gasteiger partial charge in [0.05, 0.1) is 17.6 Å². The van der Waals surface area contributed by atoms with Gasteiger partial charge in [0.1, 0.15) is 5.75 Å². The van der Waals surface area contributed by atoms with Crippen LogP contribution in [0.4, 0.5) is 24.5 Å². The number of ketones is 1. The summed E-state index contributed by atoms with van der Waals surface area (Å²) in [5, 5.41) is 0. The first-order valence-electron chi connectivity index (χ1n) is 10.8. The fraction of sp³-hybridized carbons (Fsp3) is 0.333. The quantitative estimate of drug-likeness (QED) is 0.579. The Morgan fingerprint density at radius 1 is 1.00 bits per heavy atom. The number of nitrogens with two attached hydrogens (primary N) is 1. The predicted molar refractivity (Wildman–Crippen MR) is 125 cm³/mol. The molecular formula is C24H24F3N3O5S. The maximum Gasteiger partial charge on any atom is 0.421 e. The topological polar surface area (TPSA) is 119 Å². The Hall–Kier alpha value is -3.38. The van der Waals surface area contributed by atoms with Gasteiger partial charge in [0.15, 0.2) is 5.78 Å². The summed E-state index contributed by atoms with van der Waals surface area (Å²) < 4.78 is 77.7. The number of nitrogens with zero attached hydrogens (tertiary/aromatic N) is 1. The van der Waals surface area contributed by atoms with Crippen LogP contribution in [0.5, 0.6) is 5.75 Å². The summed E-state index contributed by atoms with van der Waals surface area (Å²) in [5.41, 5.74) is 0.124. The molecule has 2 aliphatic rings. The third-order valence-corrected chi connectivity index (χ3v) is 7.72. The lowest BCUT2D eigenvalue weighted by Gasteiger charge is -2.35. The number of ether oxygens (including phenoxy) is 1. The van der Waals surface area contributed by atoms with Gasteiger partial charge in [-0.05, 0) is 60.4 Å². The number of nitrogen functional groups attached to an aromatic ring is 1. The highest BCUT2D eigenvalue weighted by molar-refractivity contribution is 7.89. The number of amides is 1. The number of anilines is 2. The molecule has 4 rings (SSSR count). The van der Waals surface area contributed by atoms with Crippen LogP contribution in [0.25, 0.3) is 0 Å². The predicted octanol–water partition coefficient (Wildman–Crippen LogP) is 3.55. The second-order valence-electron chi connectivity index (χ2n) is 9.52. The van der Waals surface area contributed by atoms with E-state index in [4.69, 9.17) is 10.5 Å². The summed E-state index contributed by atoms with van der Waals surface area (Å²) >= 11 is 0. The van der Waals surface area contributed by atoms with Crippen molar-refractivity contribution in [3.8, 4) is 5.75 Å². The molecule has 0 saturated carbocycles. The van der Waals surface area contributed by atoms with Crippen LogP contribution in [-0.4, -0.2) is 38.9 Å². The van der Waals surface area contributed by atoms with E-state index in [-0.39, 0.29) is 29.9 Å². The molecule has 36 heavy (non-hydrogen) atoms. The maximum atomic E-state index is 14.9. The molecule has 2 aromatic rings. The molecule has 12 heteroatoms. The summed E-state index contributed by atoms with van der Waals surface area (Å²) in [4.78, 5) is 27.2. The Bertz CT molecular complexity index is 1370. The molecule has 0 saturated heterocycles. The average molecular weight is 524 g/mol. The number of carbonyl (C=O) groups excluding carboxylic acids is 2. The molecule has 1 amide bonds. The lowest BCUT2D eigenvalue weighted by molar-refractivity contribution is -0.184. The Labute approximate surface area is 206 Å². The Morgan fingerprint density at radius 2 is 1.58 bits per heavy atom. The minimum absolute atomic E-state index is 0.0385. The van der Waals surface area contributed by atoms with Crippen molar-refractivity contribution >= 4 is 33.1 Å². The van der Waals surface area contributed by atoms with Gasteiger partial charge < -0.3 is 10.5 Å². The second kappa shape index (κ2) is 8.34. The number of benzene rings is 2. The van der Waals surface area contributed by atoms with E-state index in [1.165, 1.54) is 43.5 Å². The number of halogens is 3. The zero-order valence-electron chi connectivity index (χ0n) is 19.6.